The van der Waals surface area contributed by atoms with Gasteiger partial charge in [-0.25, -0.2) is 0 Å². The van der Waals surface area contributed by atoms with Gasteiger partial charge in [-0.1, -0.05) is 24.3 Å². The number of nitrogens with one attached hydrogen (secondary N) is 1. The Kier molecular flexibility index (Phi) is 7.20. The zero-order chi connectivity index (χ0) is 15.0. The first-order valence-corrected chi connectivity index (χ1v) is 7.50. The molecule has 0 radical (unpaired) electrons. The van der Waals surface area contributed by atoms with Crippen molar-refractivity contribution in [3.63, 3.8) is 0 Å². The highest BCUT2D eigenvalue weighted by Gasteiger charge is 2.11. The Morgan fingerprint density at radius 3 is 2.40 bits per heavy atom. The molecule has 0 saturated heterocycles. The third-order valence-electron chi connectivity index (χ3n) is 3.19. The van der Waals surface area contributed by atoms with E-state index in [1.165, 1.54) is 11.1 Å². The smallest absolute Gasteiger partial charge is 0.0593 e. The summed E-state index contributed by atoms with van der Waals surface area (Å²) in [6.45, 7) is 13.1. The van der Waals surface area contributed by atoms with Crippen LogP contribution < -0.4 is 5.32 Å². The topological polar surface area (TPSA) is 24.5 Å². The van der Waals surface area contributed by atoms with Gasteiger partial charge in [-0.05, 0) is 45.9 Å². The summed E-state index contributed by atoms with van der Waals surface area (Å²) in [6.07, 6.45) is 0. The van der Waals surface area contributed by atoms with E-state index in [4.69, 9.17) is 4.74 Å². The molecule has 0 aliphatic rings. The SMILES string of the molecule is CCOCCN(C)Cc1ccccc1CNC(C)(C)C. The number of nitrogens with zero attached hydrogens (tertiary/aromatic N) is 1. The summed E-state index contributed by atoms with van der Waals surface area (Å²) in [5, 5.41) is 3.56. The van der Waals surface area contributed by atoms with E-state index in [0.29, 0.717) is 0 Å². The molecule has 0 saturated carbocycles. The molecule has 0 aliphatic heterocycles. The zero-order valence-corrected chi connectivity index (χ0v) is 13.7. The summed E-state index contributed by atoms with van der Waals surface area (Å²) in [5.74, 6) is 0. The third-order valence-corrected chi connectivity index (χ3v) is 3.19. The molecular weight excluding hydrogens is 248 g/mol. The molecule has 1 aromatic carbocycles. The Bertz CT molecular complexity index is 385. The van der Waals surface area contributed by atoms with Crippen LogP contribution in [-0.2, 0) is 17.8 Å². The van der Waals surface area contributed by atoms with Gasteiger partial charge in [0.1, 0.15) is 0 Å². The minimum Gasteiger partial charge on any atom is -0.380 e. The first-order valence-electron chi connectivity index (χ1n) is 7.50. The fourth-order valence-corrected chi connectivity index (χ4v) is 1.98. The maximum Gasteiger partial charge on any atom is 0.0593 e. The number of rotatable bonds is 8. The zero-order valence-electron chi connectivity index (χ0n) is 13.7. The van der Waals surface area contributed by atoms with Gasteiger partial charge in [-0.15, -0.1) is 0 Å². The third kappa shape index (κ3) is 7.04. The summed E-state index contributed by atoms with van der Waals surface area (Å²) >= 11 is 0. The Hall–Kier alpha value is -0.900. The van der Waals surface area contributed by atoms with Crippen LogP contribution in [0.25, 0.3) is 0 Å². The molecule has 1 rings (SSSR count). The van der Waals surface area contributed by atoms with E-state index in [1.54, 1.807) is 0 Å². The maximum atomic E-state index is 5.41. The summed E-state index contributed by atoms with van der Waals surface area (Å²) in [4.78, 5) is 2.31. The van der Waals surface area contributed by atoms with E-state index >= 15 is 0 Å². The normalized spacial score (nSPS) is 12.1. The Balaban J connectivity index is 2.56. The highest BCUT2D eigenvalue weighted by atomic mass is 16.5. The van der Waals surface area contributed by atoms with E-state index in [1.807, 2.05) is 6.92 Å². The van der Waals surface area contributed by atoms with Crippen LogP contribution in [0.15, 0.2) is 24.3 Å². The first kappa shape index (κ1) is 17.2. The van der Waals surface area contributed by atoms with Crippen molar-refractivity contribution in [2.75, 3.05) is 26.8 Å². The summed E-state index contributed by atoms with van der Waals surface area (Å²) in [7, 11) is 2.15. The molecule has 114 valence electrons. The number of ether oxygens (including phenoxy) is 1. The number of hydrogen-bond donors (Lipinski definition) is 1. The molecule has 20 heavy (non-hydrogen) atoms. The van der Waals surface area contributed by atoms with Crippen molar-refractivity contribution >= 4 is 0 Å². The minimum absolute atomic E-state index is 0.147. The Morgan fingerprint density at radius 1 is 1.15 bits per heavy atom. The highest BCUT2D eigenvalue weighted by molar-refractivity contribution is 5.27. The molecule has 3 heteroatoms. The fourth-order valence-electron chi connectivity index (χ4n) is 1.98. The maximum absolute atomic E-state index is 5.41. The highest BCUT2D eigenvalue weighted by Crippen LogP contribution is 2.12. The van der Waals surface area contributed by atoms with Crippen LogP contribution in [0.2, 0.25) is 0 Å². The molecule has 1 aromatic rings. The lowest BCUT2D eigenvalue weighted by Gasteiger charge is -2.23. The van der Waals surface area contributed by atoms with Gasteiger partial charge >= 0.3 is 0 Å². The molecule has 0 unspecified atom stereocenters. The fraction of sp³-hybridized carbons (Fsp3) is 0.647. The second-order valence-corrected chi connectivity index (χ2v) is 6.31. The van der Waals surface area contributed by atoms with Crippen molar-refractivity contribution in [1.82, 2.24) is 10.2 Å². The van der Waals surface area contributed by atoms with Crippen LogP contribution in [-0.4, -0.2) is 37.2 Å². The van der Waals surface area contributed by atoms with Gasteiger partial charge in [0.2, 0.25) is 0 Å². The monoisotopic (exact) mass is 278 g/mol. The summed E-state index contributed by atoms with van der Waals surface area (Å²) in [5.41, 5.74) is 2.92. The van der Waals surface area contributed by atoms with E-state index < -0.39 is 0 Å². The summed E-state index contributed by atoms with van der Waals surface area (Å²) in [6, 6.07) is 8.66. The van der Waals surface area contributed by atoms with Gasteiger partial charge in [0.25, 0.3) is 0 Å². The number of benzene rings is 1. The summed E-state index contributed by atoms with van der Waals surface area (Å²) < 4.78 is 5.41. The van der Waals surface area contributed by atoms with Crippen LogP contribution in [0.5, 0.6) is 0 Å². The average molecular weight is 278 g/mol. The lowest BCUT2D eigenvalue weighted by molar-refractivity contribution is 0.120. The molecule has 3 nitrogen and oxygen atoms in total. The van der Waals surface area contributed by atoms with Crippen LogP contribution in [0.4, 0.5) is 0 Å². The molecule has 0 aliphatic carbocycles. The van der Waals surface area contributed by atoms with Gasteiger partial charge < -0.3 is 10.1 Å². The van der Waals surface area contributed by atoms with Crippen LogP contribution in [0.3, 0.4) is 0 Å². The molecule has 0 spiro atoms. The lowest BCUT2D eigenvalue weighted by Crippen LogP contribution is -2.35. The van der Waals surface area contributed by atoms with Crippen LogP contribution in [0, 0.1) is 0 Å². The van der Waals surface area contributed by atoms with Crippen molar-refractivity contribution in [2.24, 2.45) is 0 Å². The van der Waals surface area contributed by atoms with E-state index in [0.717, 1.165) is 32.8 Å². The van der Waals surface area contributed by atoms with Gasteiger partial charge in [0.05, 0.1) is 6.61 Å². The lowest BCUT2D eigenvalue weighted by atomic mass is 10.0. The minimum atomic E-state index is 0.147. The van der Waals surface area contributed by atoms with E-state index in [9.17, 15) is 0 Å². The standard InChI is InChI=1S/C17H30N2O/c1-6-20-12-11-19(5)14-16-10-8-7-9-15(16)13-18-17(2,3)4/h7-10,18H,6,11-14H2,1-5H3. The second kappa shape index (κ2) is 8.40. The molecule has 0 heterocycles. The van der Waals surface area contributed by atoms with Gasteiger partial charge in [0, 0.05) is 31.8 Å². The quantitative estimate of drug-likeness (QED) is 0.740. The molecule has 1 N–H and O–H groups in total. The predicted molar refractivity (Wildman–Crippen MR) is 85.9 cm³/mol. The second-order valence-electron chi connectivity index (χ2n) is 6.31. The largest absolute Gasteiger partial charge is 0.380 e. The number of hydrogen-bond acceptors (Lipinski definition) is 3. The first-order chi connectivity index (χ1) is 9.42. The number of likely N-dealkylation sites (N-methyl/N-ethyl adjacent to an activating group) is 1. The van der Waals surface area contributed by atoms with Crippen molar-refractivity contribution in [2.45, 2.75) is 46.3 Å². The van der Waals surface area contributed by atoms with Crippen molar-refractivity contribution in [3.8, 4) is 0 Å². The molecule has 0 amide bonds. The Labute approximate surface area is 124 Å². The molecule has 0 aromatic heterocycles. The molecular formula is C17H30N2O. The molecule has 0 fully saturated rings. The van der Waals surface area contributed by atoms with Gasteiger partial charge in [-0.3, -0.25) is 4.90 Å². The molecule has 0 atom stereocenters. The van der Waals surface area contributed by atoms with Gasteiger partial charge in [-0.2, -0.15) is 0 Å². The van der Waals surface area contributed by atoms with Crippen LogP contribution >= 0.6 is 0 Å². The van der Waals surface area contributed by atoms with E-state index in [-0.39, 0.29) is 5.54 Å². The van der Waals surface area contributed by atoms with Gasteiger partial charge in [0.15, 0.2) is 0 Å². The van der Waals surface area contributed by atoms with Crippen molar-refractivity contribution in [3.05, 3.63) is 35.4 Å². The predicted octanol–water partition coefficient (Wildman–Crippen LogP) is 3.04. The Morgan fingerprint density at radius 2 is 1.80 bits per heavy atom. The average Bonchev–Trinajstić information content (AvgIpc) is 2.37. The van der Waals surface area contributed by atoms with Crippen molar-refractivity contribution in [1.29, 1.82) is 0 Å². The van der Waals surface area contributed by atoms with E-state index in [2.05, 4.69) is 62.3 Å². The van der Waals surface area contributed by atoms with Crippen molar-refractivity contribution < 1.29 is 4.74 Å². The molecule has 0 bridgehead atoms. The van der Waals surface area contributed by atoms with Crippen LogP contribution in [0.1, 0.15) is 38.8 Å².